The fraction of sp³-hybridized carbons (Fsp3) is 0.143. The van der Waals surface area contributed by atoms with Crippen LogP contribution in [0, 0.1) is 11.6 Å². The third kappa shape index (κ3) is 2.96. The Labute approximate surface area is 84.4 Å². The predicted octanol–water partition coefficient (Wildman–Crippen LogP) is 2.59. The zero-order chi connectivity index (χ0) is 7.56. The van der Waals surface area contributed by atoms with Crippen LogP contribution in [0.5, 0.6) is 0 Å². The molecule has 0 aliphatic carbocycles. The molecule has 0 fully saturated rings. The van der Waals surface area contributed by atoms with Gasteiger partial charge in [-0.25, -0.2) is 0 Å². The third-order valence-corrected chi connectivity index (χ3v) is 2.41. The van der Waals surface area contributed by atoms with Gasteiger partial charge < -0.3 is 0 Å². The first kappa shape index (κ1) is 11.2. The van der Waals surface area contributed by atoms with Gasteiger partial charge >= 0.3 is 67.5 Å². The summed E-state index contributed by atoms with van der Waals surface area (Å²) in [6.45, 7) is 0. The first-order valence-corrected chi connectivity index (χ1v) is 5.07. The number of benzene rings is 1. The monoisotopic (exact) mass is 271 g/mol. The number of hydrogen-bond donors (Lipinski definition) is 0. The van der Waals surface area contributed by atoms with Crippen molar-refractivity contribution in [3.8, 4) is 0 Å². The number of halogens is 3. The molecule has 0 nitrogen and oxygen atoms in total. The third-order valence-electron chi connectivity index (χ3n) is 1.28. The fourth-order valence-electron chi connectivity index (χ4n) is 0.735. The summed E-state index contributed by atoms with van der Waals surface area (Å²) in [4.78, 5) is 0. The molecule has 4 heteroatoms. The van der Waals surface area contributed by atoms with Crippen LogP contribution in [0.2, 0.25) is 0 Å². The van der Waals surface area contributed by atoms with E-state index in [2.05, 4.69) is 0 Å². The van der Waals surface area contributed by atoms with Crippen LogP contribution in [-0.2, 0) is 23.3 Å². The molecule has 1 aromatic rings. The molecule has 1 aromatic carbocycles. The van der Waals surface area contributed by atoms with Crippen molar-refractivity contribution in [2.45, 2.75) is 5.02 Å². The molecule has 0 N–H and O–H groups in total. The Balaban J connectivity index is 0.000001000. The summed E-state index contributed by atoms with van der Waals surface area (Å²) in [6, 6.07) is 3.55. The van der Waals surface area contributed by atoms with Gasteiger partial charge in [-0.15, -0.1) is 17.0 Å². The van der Waals surface area contributed by atoms with E-state index in [1.54, 1.807) is 0 Å². The maximum absolute atomic E-state index is 12.6. The summed E-state index contributed by atoms with van der Waals surface area (Å²) in [6.07, 6.45) is 0. The van der Waals surface area contributed by atoms with E-state index in [1.165, 1.54) is 12.1 Å². The molecule has 0 aliphatic heterocycles. The minimum atomic E-state index is -0.357. The van der Waals surface area contributed by atoms with Crippen molar-refractivity contribution in [1.82, 2.24) is 0 Å². The number of rotatable bonds is 1. The van der Waals surface area contributed by atoms with Gasteiger partial charge in [-0.05, 0) is 0 Å². The average Bonchev–Trinajstić information content (AvgIpc) is 1.94. The van der Waals surface area contributed by atoms with Gasteiger partial charge in [0, 0.05) is 0 Å². The van der Waals surface area contributed by atoms with Crippen LogP contribution in [0.4, 0.5) is 8.78 Å². The maximum atomic E-state index is 12.6. The van der Waals surface area contributed by atoms with Gasteiger partial charge in [-0.3, -0.25) is 0 Å². The molecule has 0 saturated carbocycles. The molecule has 0 spiro atoms. The van der Waals surface area contributed by atoms with Gasteiger partial charge in [-0.2, -0.15) is 0 Å². The van der Waals surface area contributed by atoms with Gasteiger partial charge in [-0.1, -0.05) is 0 Å². The van der Waals surface area contributed by atoms with Crippen LogP contribution in [0.25, 0.3) is 0 Å². The van der Waals surface area contributed by atoms with E-state index in [1.807, 2.05) is 0 Å². The Bertz CT molecular complexity index is 240. The fourth-order valence-corrected chi connectivity index (χ4v) is 1.54. The zero-order valence-electron chi connectivity index (χ0n) is 5.81. The van der Waals surface area contributed by atoms with Crippen LogP contribution in [-0.4, -0.2) is 0 Å². The molecule has 0 atom stereocenters. The Kier molecular flexibility index (Phi) is 5.02. The molecule has 0 bridgehead atoms. The van der Waals surface area contributed by atoms with Crippen molar-refractivity contribution >= 4 is 17.0 Å². The normalized spacial score (nSPS) is 9.09. The van der Waals surface area contributed by atoms with Crippen molar-refractivity contribution < 1.29 is 27.1 Å². The summed E-state index contributed by atoms with van der Waals surface area (Å²) < 4.78 is 25.0. The molecule has 11 heavy (non-hydrogen) atoms. The van der Waals surface area contributed by atoms with E-state index >= 15 is 0 Å². The van der Waals surface area contributed by atoms with Crippen LogP contribution in [0.15, 0.2) is 18.2 Å². The van der Waals surface area contributed by atoms with Crippen LogP contribution in [0.3, 0.4) is 0 Å². The SMILES string of the molecule is Br.Fc1ccc(F)c([CH2][Zn])c1. The molecule has 0 radical (unpaired) electrons. The van der Waals surface area contributed by atoms with E-state index < -0.39 is 0 Å². The molecule has 0 saturated heterocycles. The molecule has 0 unspecified atom stereocenters. The second-order valence-electron chi connectivity index (χ2n) is 1.99. The van der Waals surface area contributed by atoms with Crippen molar-refractivity contribution in [3.05, 3.63) is 35.4 Å². The second kappa shape index (κ2) is 4.94. The van der Waals surface area contributed by atoms with Crippen molar-refractivity contribution in [1.29, 1.82) is 0 Å². The van der Waals surface area contributed by atoms with Gasteiger partial charge in [0.05, 0.1) is 0 Å². The summed E-state index contributed by atoms with van der Waals surface area (Å²) in [5, 5.41) is 0.656. The molecule has 0 aromatic heterocycles. The first-order chi connectivity index (χ1) is 4.74. The van der Waals surface area contributed by atoms with Gasteiger partial charge in [0.25, 0.3) is 0 Å². The summed E-state index contributed by atoms with van der Waals surface area (Å²) in [5.74, 6) is -0.655. The van der Waals surface area contributed by atoms with E-state index in [4.69, 9.17) is 0 Å². The topological polar surface area (TPSA) is 0 Å². The summed E-state index contributed by atoms with van der Waals surface area (Å²) >= 11 is 0.959. The molecule has 0 aliphatic rings. The Morgan fingerprint density at radius 3 is 2.36 bits per heavy atom. The van der Waals surface area contributed by atoms with Crippen molar-refractivity contribution in [2.75, 3.05) is 0 Å². The van der Waals surface area contributed by atoms with Crippen molar-refractivity contribution in [3.63, 3.8) is 0 Å². The first-order valence-electron chi connectivity index (χ1n) is 2.97. The molecule has 0 amide bonds. The standard InChI is InChI=1S/C7H5F2.BrH.Zn/c1-5-4-6(8)2-3-7(5)9;;/h2-4H,1H2;1H;. The van der Waals surface area contributed by atoms with E-state index in [0.29, 0.717) is 10.6 Å². The van der Waals surface area contributed by atoms with Gasteiger partial charge in [0.1, 0.15) is 0 Å². The van der Waals surface area contributed by atoms with Crippen LogP contribution >= 0.6 is 17.0 Å². The predicted molar refractivity (Wildman–Crippen MR) is 40.4 cm³/mol. The molecular weight excluding hydrogens is 267 g/mol. The van der Waals surface area contributed by atoms with Gasteiger partial charge in [0.15, 0.2) is 0 Å². The molecule has 0 heterocycles. The minimum absolute atomic E-state index is 0. The quantitative estimate of drug-likeness (QED) is 0.690. The molecular formula is C7H6BrF2Zn. The Morgan fingerprint density at radius 2 is 1.91 bits per heavy atom. The van der Waals surface area contributed by atoms with Crippen molar-refractivity contribution in [2.24, 2.45) is 0 Å². The summed E-state index contributed by atoms with van der Waals surface area (Å²) in [7, 11) is 0. The van der Waals surface area contributed by atoms with E-state index in [0.717, 1.165) is 24.4 Å². The van der Waals surface area contributed by atoms with Crippen LogP contribution in [0.1, 0.15) is 5.56 Å². The average molecular weight is 273 g/mol. The van der Waals surface area contributed by atoms with E-state index in [-0.39, 0.29) is 28.6 Å². The number of hydrogen-bond acceptors (Lipinski definition) is 0. The van der Waals surface area contributed by atoms with Crippen LogP contribution < -0.4 is 0 Å². The zero-order valence-corrected chi connectivity index (χ0v) is 10.5. The van der Waals surface area contributed by atoms with Gasteiger partial charge in [0.2, 0.25) is 0 Å². The molecule has 57 valence electrons. The molecule has 1 rings (SSSR count). The second-order valence-corrected chi connectivity index (χ2v) is 3.03. The Hall–Kier alpha value is 0.183. The van der Waals surface area contributed by atoms with E-state index in [9.17, 15) is 8.78 Å². The summed E-state index contributed by atoms with van der Waals surface area (Å²) in [5.41, 5.74) is 0.486. The Morgan fingerprint density at radius 1 is 1.27 bits per heavy atom.